The van der Waals surface area contributed by atoms with Crippen molar-refractivity contribution in [2.45, 2.75) is 64.7 Å². The molecular weight excluding hydrogens is 298 g/mol. The third-order valence-corrected chi connectivity index (χ3v) is 76.8. The second-order valence-corrected chi connectivity index (χ2v) is 49.4. The van der Waals surface area contributed by atoms with Crippen molar-refractivity contribution < 1.29 is 0 Å². The van der Waals surface area contributed by atoms with Crippen LogP contribution in [0.25, 0.3) is 0 Å². The fraction of sp³-hybridized carbons (Fsp3) is 0.833. The summed E-state index contributed by atoms with van der Waals surface area (Å²) in [6.45, 7) is 21.8. The van der Waals surface area contributed by atoms with Crippen molar-refractivity contribution >= 4 is 42.1 Å². The lowest BCUT2D eigenvalue weighted by atomic mass is 10.9. The van der Waals surface area contributed by atoms with Crippen LogP contribution >= 0.6 is 0 Å². The number of nitrogens with zero attached hydrogens (tertiary/aromatic N) is 2. The molecule has 0 radical (unpaired) electrons. The lowest BCUT2D eigenvalue weighted by Crippen LogP contribution is -2.87. The van der Waals surface area contributed by atoms with E-state index in [2.05, 4.69) is 64.2 Å². The minimum atomic E-state index is -1.52. The van der Waals surface area contributed by atoms with E-state index in [1.165, 1.54) is 0 Å². The van der Waals surface area contributed by atoms with Gasteiger partial charge in [0.2, 0.25) is 0 Å². The Balaban J connectivity index is 3.59. The molecule has 19 heavy (non-hydrogen) atoms. The fourth-order valence-corrected chi connectivity index (χ4v) is 104. The molecule has 1 heterocycles. The zero-order chi connectivity index (χ0) is 15.1. The van der Waals surface area contributed by atoms with Gasteiger partial charge in [-0.05, 0) is 0 Å². The Labute approximate surface area is 122 Å². The van der Waals surface area contributed by atoms with Crippen LogP contribution in [0.3, 0.4) is 0 Å². The third-order valence-electron chi connectivity index (χ3n) is 4.52. The molecule has 0 fully saturated rings. The molecule has 0 aromatic rings. The van der Waals surface area contributed by atoms with E-state index in [1.807, 2.05) is 12.7 Å². The maximum atomic E-state index is 4.83. The highest BCUT2D eigenvalue weighted by Crippen LogP contribution is 2.41. The van der Waals surface area contributed by atoms with E-state index in [4.69, 9.17) is 9.98 Å². The highest BCUT2D eigenvalue weighted by molar-refractivity contribution is 7.89. The normalized spacial score (nSPS) is 18.6. The molecule has 0 bridgehead atoms. The number of nitrogens with one attached hydrogen (secondary N) is 1. The van der Waals surface area contributed by atoms with Crippen molar-refractivity contribution in [3.63, 3.8) is 0 Å². The molecule has 0 atom stereocenters. The van der Waals surface area contributed by atoms with Gasteiger partial charge in [0.25, 0.3) is 0 Å². The van der Waals surface area contributed by atoms with Gasteiger partial charge in [0, 0.05) is 22.8 Å². The summed E-state index contributed by atoms with van der Waals surface area (Å²) in [7, 11) is -3.86. The summed E-state index contributed by atoms with van der Waals surface area (Å²) in [4.78, 5) is 9.67. The molecule has 1 aliphatic heterocycles. The molecule has 7 heteroatoms. The maximum Gasteiger partial charge on any atom is 0.123 e. The first-order valence-corrected chi connectivity index (χ1v) is 22.7. The Bertz CT molecular complexity index is 337. The highest BCUT2D eigenvalue weighted by atomic mass is 29.9. The Morgan fingerprint density at radius 1 is 0.684 bits per heavy atom. The van der Waals surface area contributed by atoms with Gasteiger partial charge in [0.05, 0.1) is 19.3 Å². The molecule has 0 unspecified atom stereocenters. The number of rotatable bonds is 4. The van der Waals surface area contributed by atoms with Gasteiger partial charge in [-0.3, -0.25) is 9.98 Å². The van der Waals surface area contributed by atoms with Gasteiger partial charge in [-0.25, -0.2) is 0 Å². The van der Waals surface area contributed by atoms with E-state index >= 15 is 0 Å². The van der Waals surface area contributed by atoms with E-state index in [-0.39, 0.29) is 5.79 Å². The number of hydrogen-bond donors (Lipinski definition) is 1. The summed E-state index contributed by atoms with van der Waals surface area (Å²) in [5.41, 5.74) is 0. The van der Waals surface area contributed by atoms with Crippen LogP contribution in [0.2, 0.25) is 58.9 Å². The summed E-state index contributed by atoms with van der Waals surface area (Å²) in [6.07, 6.45) is 3.75. The topological polar surface area (TPSA) is 36.8 Å². The second kappa shape index (κ2) is 5.08. The summed E-state index contributed by atoms with van der Waals surface area (Å²) < 4.78 is 0. The van der Waals surface area contributed by atoms with Crippen molar-refractivity contribution in [2.75, 3.05) is 0 Å². The van der Waals surface area contributed by atoms with Crippen molar-refractivity contribution in [1.29, 1.82) is 0 Å². The molecule has 0 aliphatic carbocycles. The Kier molecular flexibility index (Phi) is 4.57. The van der Waals surface area contributed by atoms with E-state index < -0.39 is 29.4 Å². The van der Waals surface area contributed by atoms with Crippen molar-refractivity contribution in [1.82, 2.24) is 5.32 Å². The Morgan fingerprint density at radius 2 is 1.00 bits per heavy atom. The molecule has 0 saturated carbocycles. The zero-order valence-corrected chi connectivity index (χ0v) is 18.1. The molecule has 0 amide bonds. The minimum Gasteiger partial charge on any atom is -0.338 e. The largest absolute Gasteiger partial charge is 0.338 e. The van der Waals surface area contributed by atoms with Crippen LogP contribution in [-0.4, -0.2) is 47.9 Å². The van der Waals surface area contributed by atoms with E-state index in [1.54, 1.807) is 0 Å². The summed E-state index contributed by atoms with van der Waals surface area (Å²) >= 11 is 0. The maximum absolute atomic E-state index is 4.83. The molecule has 110 valence electrons. The molecule has 3 nitrogen and oxygen atoms in total. The first-order valence-electron chi connectivity index (χ1n) is 7.15. The van der Waals surface area contributed by atoms with Crippen molar-refractivity contribution in [2.24, 2.45) is 9.98 Å². The fourth-order valence-electron chi connectivity index (χ4n) is 5.06. The van der Waals surface area contributed by atoms with Gasteiger partial charge in [-0.15, -0.1) is 0 Å². The first-order chi connectivity index (χ1) is 8.36. The highest BCUT2D eigenvalue weighted by Gasteiger charge is 2.66. The van der Waals surface area contributed by atoms with Gasteiger partial charge in [0.15, 0.2) is 0 Å². The summed E-state index contributed by atoms with van der Waals surface area (Å²) in [5.74, 6) is 0.277. The van der Waals surface area contributed by atoms with Gasteiger partial charge >= 0.3 is 0 Å². The van der Waals surface area contributed by atoms with Gasteiger partial charge in [-0.2, -0.15) is 0 Å². The first kappa shape index (κ1) is 17.1. The smallest absolute Gasteiger partial charge is 0.123 e. The zero-order valence-electron chi connectivity index (χ0n) is 14.1. The van der Waals surface area contributed by atoms with Crippen LogP contribution in [0.15, 0.2) is 9.98 Å². The molecule has 0 saturated heterocycles. The molecular formula is C12H31N3Si4. The number of hydrogen-bond acceptors (Lipinski definition) is 3. The van der Waals surface area contributed by atoms with Gasteiger partial charge < -0.3 is 5.32 Å². The van der Waals surface area contributed by atoms with Gasteiger partial charge in [-0.1, -0.05) is 58.9 Å². The second-order valence-electron chi connectivity index (χ2n) is 8.65. The average molecular weight is 330 g/mol. The van der Waals surface area contributed by atoms with Crippen LogP contribution in [0.4, 0.5) is 0 Å². The molecule has 0 aromatic carbocycles. The lowest BCUT2D eigenvalue weighted by Gasteiger charge is -2.58. The molecule has 1 aliphatic rings. The predicted octanol–water partition coefficient (Wildman–Crippen LogP) is 3.21. The average Bonchev–Trinajstić information content (AvgIpc) is 2.12. The van der Waals surface area contributed by atoms with Crippen molar-refractivity contribution in [3.8, 4) is 0 Å². The standard InChI is InChI=1S/C12H31N3Si4/c1-16(2,3)19(17(4,5)6,18(7,8)9)12-14-10-13-11-15-12/h10-12H,1-9H3,(H,13,14,15). The van der Waals surface area contributed by atoms with Crippen LogP contribution in [0.5, 0.6) is 0 Å². The molecule has 0 spiro atoms. The Morgan fingerprint density at radius 3 is 1.26 bits per heavy atom. The molecule has 1 N–H and O–H groups in total. The molecule has 1 rings (SSSR count). The monoisotopic (exact) mass is 329 g/mol. The predicted molar refractivity (Wildman–Crippen MR) is 99.7 cm³/mol. The summed E-state index contributed by atoms with van der Waals surface area (Å²) in [5, 5.41) is 3.03. The van der Waals surface area contributed by atoms with Crippen LogP contribution in [0.1, 0.15) is 0 Å². The van der Waals surface area contributed by atoms with E-state index in [0.29, 0.717) is 0 Å². The lowest BCUT2D eigenvalue weighted by molar-refractivity contribution is 0.931. The molecule has 0 aromatic heterocycles. The van der Waals surface area contributed by atoms with E-state index in [9.17, 15) is 0 Å². The third kappa shape index (κ3) is 2.74. The van der Waals surface area contributed by atoms with E-state index in [0.717, 1.165) is 0 Å². The van der Waals surface area contributed by atoms with Gasteiger partial charge in [0.1, 0.15) is 5.79 Å². The quantitative estimate of drug-likeness (QED) is 0.790. The van der Waals surface area contributed by atoms with Crippen LogP contribution in [0, 0.1) is 0 Å². The van der Waals surface area contributed by atoms with Crippen LogP contribution in [-0.2, 0) is 0 Å². The number of aliphatic imine (C=N–C) groups is 2. The van der Waals surface area contributed by atoms with Crippen LogP contribution < -0.4 is 5.32 Å². The Hall–Kier alpha value is 0.00753. The van der Waals surface area contributed by atoms with Crippen molar-refractivity contribution in [3.05, 3.63) is 0 Å². The minimum absolute atomic E-state index is 0.277. The SMILES string of the molecule is C[Si](C)(C)[Si](C1N=CNC=N1)([Si](C)(C)C)[Si](C)(C)C. The summed E-state index contributed by atoms with van der Waals surface area (Å²) in [6, 6.07) is 0.